The molecule has 26 heavy (non-hydrogen) atoms. The van der Waals surface area contributed by atoms with Crippen LogP contribution >= 0.6 is 0 Å². The van der Waals surface area contributed by atoms with Crippen molar-refractivity contribution in [2.75, 3.05) is 13.2 Å². The SMILES string of the molecule is CCOC(=O)c1cc(-c2ccccc2)c(C(=O)OCC)c2c1CCCC2. The summed E-state index contributed by atoms with van der Waals surface area (Å²) in [6.45, 7) is 4.25. The molecular formula is C22H24O4. The molecule has 0 fully saturated rings. The van der Waals surface area contributed by atoms with Gasteiger partial charge in [0, 0.05) is 0 Å². The number of hydrogen-bond acceptors (Lipinski definition) is 4. The predicted octanol–water partition coefficient (Wildman–Crippen LogP) is 4.59. The van der Waals surface area contributed by atoms with Gasteiger partial charge in [0.2, 0.25) is 0 Å². The molecule has 0 atom stereocenters. The van der Waals surface area contributed by atoms with Gasteiger partial charge in [-0.05, 0) is 67.9 Å². The van der Waals surface area contributed by atoms with Crippen LogP contribution in [0.1, 0.15) is 58.5 Å². The molecule has 0 aliphatic heterocycles. The Hall–Kier alpha value is -2.62. The van der Waals surface area contributed by atoms with Crippen molar-refractivity contribution in [1.29, 1.82) is 0 Å². The van der Waals surface area contributed by atoms with Crippen LogP contribution in [0.4, 0.5) is 0 Å². The molecule has 4 nitrogen and oxygen atoms in total. The highest BCUT2D eigenvalue weighted by molar-refractivity contribution is 6.03. The van der Waals surface area contributed by atoms with E-state index in [0.717, 1.165) is 47.9 Å². The van der Waals surface area contributed by atoms with E-state index < -0.39 is 0 Å². The molecule has 0 bridgehead atoms. The van der Waals surface area contributed by atoms with Crippen molar-refractivity contribution >= 4 is 11.9 Å². The molecular weight excluding hydrogens is 328 g/mol. The van der Waals surface area contributed by atoms with Gasteiger partial charge in [0.05, 0.1) is 24.3 Å². The number of esters is 2. The summed E-state index contributed by atoms with van der Waals surface area (Å²) in [6, 6.07) is 11.5. The van der Waals surface area contributed by atoms with Gasteiger partial charge in [-0.25, -0.2) is 9.59 Å². The van der Waals surface area contributed by atoms with Crippen LogP contribution < -0.4 is 0 Å². The third-order valence-corrected chi connectivity index (χ3v) is 4.71. The van der Waals surface area contributed by atoms with E-state index in [-0.39, 0.29) is 11.9 Å². The second-order valence-electron chi connectivity index (χ2n) is 6.32. The standard InChI is InChI=1S/C22H24O4/c1-3-25-21(23)19-14-18(15-10-6-5-7-11-15)20(22(24)26-4-2)17-13-9-8-12-16(17)19/h5-7,10-11,14H,3-4,8-9,12-13H2,1-2H3. The third-order valence-electron chi connectivity index (χ3n) is 4.71. The van der Waals surface area contributed by atoms with Gasteiger partial charge in [0.15, 0.2) is 0 Å². The van der Waals surface area contributed by atoms with Crippen LogP contribution in [0.5, 0.6) is 0 Å². The lowest BCUT2D eigenvalue weighted by Gasteiger charge is -2.24. The molecule has 0 saturated carbocycles. The molecule has 3 rings (SSSR count). The fraction of sp³-hybridized carbons (Fsp3) is 0.364. The second kappa shape index (κ2) is 8.17. The Bertz CT molecular complexity index is 809. The summed E-state index contributed by atoms with van der Waals surface area (Å²) in [4.78, 5) is 25.3. The van der Waals surface area contributed by atoms with E-state index in [1.807, 2.05) is 36.4 Å². The zero-order valence-electron chi connectivity index (χ0n) is 15.3. The Morgan fingerprint density at radius 1 is 0.885 bits per heavy atom. The first kappa shape index (κ1) is 18.2. The topological polar surface area (TPSA) is 52.6 Å². The van der Waals surface area contributed by atoms with Gasteiger partial charge in [0.1, 0.15) is 0 Å². The average molecular weight is 352 g/mol. The van der Waals surface area contributed by atoms with Gasteiger partial charge < -0.3 is 9.47 Å². The normalized spacial score (nSPS) is 13.0. The first-order valence-corrected chi connectivity index (χ1v) is 9.25. The van der Waals surface area contributed by atoms with Gasteiger partial charge >= 0.3 is 11.9 Å². The molecule has 0 heterocycles. The number of carbonyl (C=O) groups excluding carboxylic acids is 2. The van der Waals surface area contributed by atoms with Crippen LogP contribution in [0.3, 0.4) is 0 Å². The van der Waals surface area contributed by atoms with Crippen LogP contribution in [-0.2, 0) is 22.3 Å². The second-order valence-corrected chi connectivity index (χ2v) is 6.32. The molecule has 0 spiro atoms. The summed E-state index contributed by atoms with van der Waals surface area (Å²) >= 11 is 0. The molecule has 4 heteroatoms. The van der Waals surface area contributed by atoms with Crippen LogP contribution in [0.25, 0.3) is 11.1 Å². The Balaban J connectivity index is 2.27. The van der Waals surface area contributed by atoms with Crippen LogP contribution in [0, 0.1) is 0 Å². The van der Waals surface area contributed by atoms with Gasteiger partial charge in [-0.3, -0.25) is 0 Å². The molecule has 136 valence electrons. The molecule has 0 radical (unpaired) electrons. The van der Waals surface area contributed by atoms with E-state index in [2.05, 4.69) is 0 Å². The number of carbonyl (C=O) groups is 2. The molecule has 0 amide bonds. The molecule has 0 N–H and O–H groups in total. The van der Waals surface area contributed by atoms with E-state index in [0.29, 0.717) is 24.3 Å². The minimum Gasteiger partial charge on any atom is -0.462 e. The van der Waals surface area contributed by atoms with Gasteiger partial charge in [-0.2, -0.15) is 0 Å². The monoisotopic (exact) mass is 352 g/mol. The lowest BCUT2D eigenvalue weighted by Crippen LogP contribution is -2.19. The zero-order chi connectivity index (χ0) is 18.5. The van der Waals surface area contributed by atoms with E-state index in [4.69, 9.17) is 9.47 Å². The maximum atomic E-state index is 12.8. The average Bonchev–Trinajstić information content (AvgIpc) is 2.67. The number of benzene rings is 2. The van der Waals surface area contributed by atoms with Gasteiger partial charge in [-0.1, -0.05) is 30.3 Å². The fourth-order valence-electron chi connectivity index (χ4n) is 3.62. The van der Waals surface area contributed by atoms with Gasteiger partial charge in [0.25, 0.3) is 0 Å². The highest BCUT2D eigenvalue weighted by Gasteiger charge is 2.28. The Kier molecular flexibility index (Phi) is 5.71. The summed E-state index contributed by atoms with van der Waals surface area (Å²) in [6.07, 6.45) is 3.56. The summed E-state index contributed by atoms with van der Waals surface area (Å²) in [5.41, 5.74) is 4.70. The van der Waals surface area contributed by atoms with E-state index in [1.165, 1.54) is 0 Å². The molecule has 0 aromatic heterocycles. The lowest BCUT2D eigenvalue weighted by atomic mass is 9.81. The van der Waals surface area contributed by atoms with Crippen LogP contribution in [-0.4, -0.2) is 25.2 Å². The lowest BCUT2D eigenvalue weighted by molar-refractivity contribution is 0.0509. The van der Waals surface area contributed by atoms with Gasteiger partial charge in [-0.15, -0.1) is 0 Å². The maximum Gasteiger partial charge on any atom is 0.339 e. The summed E-state index contributed by atoms with van der Waals surface area (Å²) < 4.78 is 10.6. The number of rotatable bonds is 5. The van der Waals surface area contributed by atoms with Crippen molar-refractivity contribution in [3.05, 3.63) is 58.7 Å². The Morgan fingerprint density at radius 3 is 2.15 bits per heavy atom. The van der Waals surface area contributed by atoms with E-state index >= 15 is 0 Å². The van der Waals surface area contributed by atoms with Crippen molar-refractivity contribution in [3.63, 3.8) is 0 Å². The molecule has 2 aromatic carbocycles. The first-order chi connectivity index (χ1) is 12.7. The first-order valence-electron chi connectivity index (χ1n) is 9.25. The fourth-order valence-corrected chi connectivity index (χ4v) is 3.62. The van der Waals surface area contributed by atoms with Crippen molar-refractivity contribution in [2.45, 2.75) is 39.5 Å². The van der Waals surface area contributed by atoms with Crippen molar-refractivity contribution < 1.29 is 19.1 Å². The molecule has 2 aromatic rings. The molecule has 0 saturated heterocycles. The van der Waals surface area contributed by atoms with Crippen LogP contribution in [0.15, 0.2) is 36.4 Å². The quantitative estimate of drug-likeness (QED) is 0.739. The van der Waals surface area contributed by atoms with Crippen molar-refractivity contribution in [3.8, 4) is 11.1 Å². The molecule has 0 unspecified atom stereocenters. The Labute approximate surface area is 154 Å². The van der Waals surface area contributed by atoms with E-state index in [1.54, 1.807) is 13.8 Å². The maximum absolute atomic E-state index is 12.8. The summed E-state index contributed by atoms with van der Waals surface area (Å²) in [5, 5.41) is 0. The number of ether oxygens (including phenoxy) is 2. The smallest absolute Gasteiger partial charge is 0.339 e. The van der Waals surface area contributed by atoms with Crippen molar-refractivity contribution in [2.24, 2.45) is 0 Å². The number of fused-ring (bicyclic) bond motifs is 1. The summed E-state index contributed by atoms with van der Waals surface area (Å²) in [7, 11) is 0. The minimum absolute atomic E-state index is 0.320. The zero-order valence-corrected chi connectivity index (χ0v) is 15.3. The Morgan fingerprint density at radius 2 is 1.50 bits per heavy atom. The largest absolute Gasteiger partial charge is 0.462 e. The van der Waals surface area contributed by atoms with E-state index in [9.17, 15) is 9.59 Å². The third kappa shape index (κ3) is 3.50. The highest BCUT2D eigenvalue weighted by Crippen LogP contribution is 2.36. The van der Waals surface area contributed by atoms with Crippen molar-refractivity contribution in [1.82, 2.24) is 0 Å². The molecule has 1 aliphatic rings. The predicted molar refractivity (Wildman–Crippen MR) is 100 cm³/mol. The molecule has 1 aliphatic carbocycles. The summed E-state index contributed by atoms with van der Waals surface area (Å²) in [5.74, 6) is -0.641. The number of hydrogen-bond donors (Lipinski definition) is 0. The highest BCUT2D eigenvalue weighted by atomic mass is 16.5. The van der Waals surface area contributed by atoms with Crippen LogP contribution in [0.2, 0.25) is 0 Å². The minimum atomic E-state index is -0.321.